The Bertz CT molecular complexity index is 538. The van der Waals surface area contributed by atoms with Crippen LogP contribution in [0.1, 0.15) is 24.8 Å². The molecule has 2 aliphatic rings. The van der Waals surface area contributed by atoms with Gasteiger partial charge in [0.25, 0.3) is 0 Å². The fraction of sp³-hybridized carbons (Fsp3) is 0.500. The smallest absolute Gasteiger partial charge is 0.246 e. The summed E-state index contributed by atoms with van der Waals surface area (Å²) in [6, 6.07) is 8.21. The summed E-state index contributed by atoms with van der Waals surface area (Å²) < 4.78 is 0. The number of carbonyl (C=O) groups is 2. The van der Waals surface area contributed by atoms with E-state index in [0.29, 0.717) is 13.0 Å². The van der Waals surface area contributed by atoms with Crippen LogP contribution in [0.15, 0.2) is 24.3 Å². The first-order chi connectivity index (χ1) is 10.2. The fourth-order valence-electron chi connectivity index (χ4n) is 3.09. The van der Waals surface area contributed by atoms with Gasteiger partial charge >= 0.3 is 0 Å². The molecule has 0 saturated carbocycles. The summed E-state index contributed by atoms with van der Waals surface area (Å²) in [6.45, 7) is 1.78. The Labute approximate surface area is 124 Å². The molecule has 2 aliphatic heterocycles. The van der Waals surface area contributed by atoms with Crippen molar-refractivity contribution in [2.24, 2.45) is 0 Å². The number of fused-ring (bicyclic) bond motifs is 1. The molecule has 2 amide bonds. The predicted octanol–water partition coefficient (Wildman–Crippen LogP) is 0.834. The van der Waals surface area contributed by atoms with E-state index in [-0.39, 0.29) is 24.4 Å². The zero-order chi connectivity index (χ0) is 14.7. The zero-order valence-corrected chi connectivity index (χ0v) is 12.1. The van der Waals surface area contributed by atoms with Gasteiger partial charge in [-0.15, -0.1) is 0 Å². The molecule has 0 bridgehead atoms. The quantitative estimate of drug-likeness (QED) is 0.862. The van der Waals surface area contributed by atoms with Crippen molar-refractivity contribution in [3.05, 3.63) is 29.8 Å². The minimum Gasteiger partial charge on any atom is -0.347 e. The lowest BCUT2D eigenvalue weighted by Gasteiger charge is -2.18. The van der Waals surface area contributed by atoms with E-state index in [1.165, 1.54) is 5.56 Å². The number of hydrogen-bond acceptors (Lipinski definition) is 3. The minimum atomic E-state index is -0.0461. The SMILES string of the molecule is O=C(CC1CCCN1)NCC(=O)N1CCc2ccccc21. The first-order valence-electron chi connectivity index (χ1n) is 7.62. The minimum absolute atomic E-state index is 0.0346. The van der Waals surface area contributed by atoms with Crippen LogP contribution < -0.4 is 15.5 Å². The zero-order valence-electron chi connectivity index (χ0n) is 12.1. The average Bonchev–Trinajstić information content (AvgIpc) is 3.13. The van der Waals surface area contributed by atoms with E-state index < -0.39 is 0 Å². The third-order valence-corrected chi connectivity index (χ3v) is 4.22. The Kier molecular flexibility index (Phi) is 4.20. The molecule has 1 saturated heterocycles. The van der Waals surface area contributed by atoms with E-state index in [2.05, 4.69) is 10.6 Å². The number of benzene rings is 1. The van der Waals surface area contributed by atoms with Gasteiger partial charge in [0.2, 0.25) is 11.8 Å². The number of nitrogens with zero attached hydrogens (tertiary/aromatic N) is 1. The van der Waals surface area contributed by atoms with Gasteiger partial charge < -0.3 is 15.5 Å². The number of anilines is 1. The third-order valence-electron chi connectivity index (χ3n) is 4.22. The molecule has 1 unspecified atom stereocenters. The Morgan fingerprint density at radius 1 is 1.33 bits per heavy atom. The van der Waals surface area contributed by atoms with E-state index in [1.807, 2.05) is 24.3 Å². The van der Waals surface area contributed by atoms with Crippen LogP contribution in [0.4, 0.5) is 5.69 Å². The second kappa shape index (κ2) is 6.26. The molecule has 1 fully saturated rings. The van der Waals surface area contributed by atoms with E-state index in [1.54, 1.807) is 4.90 Å². The maximum atomic E-state index is 12.2. The van der Waals surface area contributed by atoms with Crippen molar-refractivity contribution in [3.8, 4) is 0 Å². The molecule has 0 aromatic heterocycles. The maximum Gasteiger partial charge on any atom is 0.246 e. The van der Waals surface area contributed by atoms with Crippen LogP contribution >= 0.6 is 0 Å². The van der Waals surface area contributed by atoms with Crippen molar-refractivity contribution in [1.82, 2.24) is 10.6 Å². The number of hydrogen-bond donors (Lipinski definition) is 2. The summed E-state index contributed by atoms with van der Waals surface area (Å²) in [7, 11) is 0. The Morgan fingerprint density at radius 2 is 2.19 bits per heavy atom. The molecule has 1 aromatic carbocycles. The molecular weight excluding hydrogens is 266 g/mol. The van der Waals surface area contributed by atoms with Crippen LogP contribution in [0.25, 0.3) is 0 Å². The number of carbonyl (C=O) groups excluding carboxylic acids is 2. The monoisotopic (exact) mass is 287 g/mol. The van der Waals surface area contributed by atoms with Gasteiger partial charge in [0.15, 0.2) is 0 Å². The largest absolute Gasteiger partial charge is 0.347 e. The highest BCUT2D eigenvalue weighted by Gasteiger charge is 2.24. The lowest BCUT2D eigenvalue weighted by atomic mass is 10.1. The Hall–Kier alpha value is -1.88. The van der Waals surface area contributed by atoms with Crippen LogP contribution in [0.2, 0.25) is 0 Å². The second-order valence-electron chi connectivity index (χ2n) is 5.70. The van der Waals surface area contributed by atoms with Gasteiger partial charge in [0, 0.05) is 24.7 Å². The summed E-state index contributed by atoms with van der Waals surface area (Å²) in [5.74, 6) is -0.0806. The van der Waals surface area contributed by atoms with Gasteiger partial charge in [0.05, 0.1) is 6.54 Å². The van der Waals surface area contributed by atoms with E-state index >= 15 is 0 Å². The third kappa shape index (κ3) is 3.24. The lowest BCUT2D eigenvalue weighted by molar-refractivity contribution is -0.125. The average molecular weight is 287 g/mol. The van der Waals surface area contributed by atoms with E-state index in [4.69, 9.17) is 0 Å². The highest BCUT2D eigenvalue weighted by Crippen LogP contribution is 2.27. The van der Waals surface area contributed by atoms with Gasteiger partial charge in [-0.1, -0.05) is 18.2 Å². The molecule has 1 aromatic rings. The molecule has 0 spiro atoms. The van der Waals surface area contributed by atoms with Gasteiger partial charge in [-0.05, 0) is 37.4 Å². The Balaban J connectivity index is 1.49. The molecule has 3 rings (SSSR count). The summed E-state index contributed by atoms with van der Waals surface area (Å²) in [4.78, 5) is 25.9. The molecule has 2 N–H and O–H groups in total. The summed E-state index contributed by atoms with van der Waals surface area (Å²) in [6.07, 6.45) is 3.52. The van der Waals surface area contributed by atoms with Crippen molar-refractivity contribution in [1.29, 1.82) is 0 Å². The second-order valence-corrected chi connectivity index (χ2v) is 5.70. The molecule has 1 atom stereocenters. The van der Waals surface area contributed by atoms with Gasteiger partial charge in [0.1, 0.15) is 0 Å². The Morgan fingerprint density at radius 3 is 3.00 bits per heavy atom. The molecule has 0 aliphatic carbocycles. The number of para-hydroxylation sites is 1. The van der Waals surface area contributed by atoms with Crippen molar-refractivity contribution in [3.63, 3.8) is 0 Å². The van der Waals surface area contributed by atoms with E-state index in [0.717, 1.165) is 31.5 Å². The highest BCUT2D eigenvalue weighted by atomic mass is 16.2. The van der Waals surface area contributed by atoms with Gasteiger partial charge in [-0.2, -0.15) is 0 Å². The molecule has 5 heteroatoms. The van der Waals surface area contributed by atoms with Crippen molar-refractivity contribution in [2.75, 3.05) is 24.5 Å². The van der Waals surface area contributed by atoms with Gasteiger partial charge in [-0.25, -0.2) is 0 Å². The standard InChI is InChI=1S/C16H21N3O2/c20-15(10-13-5-3-8-17-13)18-11-16(21)19-9-7-12-4-1-2-6-14(12)19/h1-2,4,6,13,17H,3,5,7-11H2,(H,18,20). The molecular formula is C16H21N3O2. The van der Waals surface area contributed by atoms with Gasteiger partial charge in [-0.3, -0.25) is 9.59 Å². The van der Waals surface area contributed by atoms with Crippen LogP contribution in [0, 0.1) is 0 Å². The molecule has 112 valence electrons. The normalized spacial score (nSPS) is 20.4. The molecule has 2 heterocycles. The van der Waals surface area contributed by atoms with Crippen LogP contribution in [0.3, 0.4) is 0 Å². The first-order valence-corrected chi connectivity index (χ1v) is 7.62. The topological polar surface area (TPSA) is 61.4 Å². The molecule has 21 heavy (non-hydrogen) atoms. The fourth-order valence-corrected chi connectivity index (χ4v) is 3.09. The maximum absolute atomic E-state index is 12.2. The highest BCUT2D eigenvalue weighted by molar-refractivity contribution is 5.98. The van der Waals surface area contributed by atoms with Crippen molar-refractivity contribution in [2.45, 2.75) is 31.7 Å². The number of nitrogens with one attached hydrogen (secondary N) is 2. The number of rotatable bonds is 4. The van der Waals surface area contributed by atoms with Crippen LogP contribution in [0.5, 0.6) is 0 Å². The van der Waals surface area contributed by atoms with Crippen LogP contribution in [-0.2, 0) is 16.0 Å². The molecule has 5 nitrogen and oxygen atoms in total. The molecule has 0 radical (unpaired) electrons. The van der Waals surface area contributed by atoms with Crippen LogP contribution in [-0.4, -0.2) is 37.5 Å². The summed E-state index contributed by atoms with van der Waals surface area (Å²) in [5.41, 5.74) is 2.18. The summed E-state index contributed by atoms with van der Waals surface area (Å²) >= 11 is 0. The van der Waals surface area contributed by atoms with E-state index in [9.17, 15) is 9.59 Å². The van der Waals surface area contributed by atoms with Crippen molar-refractivity contribution < 1.29 is 9.59 Å². The number of amides is 2. The first kappa shape index (κ1) is 14.1. The summed E-state index contributed by atoms with van der Waals surface area (Å²) in [5, 5.41) is 6.03. The predicted molar refractivity (Wildman–Crippen MR) is 81.2 cm³/mol. The lowest BCUT2D eigenvalue weighted by Crippen LogP contribution is -2.41. The van der Waals surface area contributed by atoms with Crippen molar-refractivity contribution >= 4 is 17.5 Å².